The smallest absolute Gasteiger partial charge is 0.271 e. The molecule has 0 bridgehead atoms. The van der Waals surface area contributed by atoms with Gasteiger partial charge in [0.15, 0.2) is 0 Å². The molecule has 2 amide bonds. The fourth-order valence-electron chi connectivity index (χ4n) is 5.13. The second-order valence-corrected chi connectivity index (χ2v) is 9.19. The number of fused-ring (bicyclic) bond motifs is 1. The van der Waals surface area contributed by atoms with E-state index in [1.165, 1.54) is 12.8 Å². The summed E-state index contributed by atoms with van der Waals surface area (Å²) in [6.07, 6.45) is 7.72. The van der Waals surface area contributed by atoms with Crippen molar-refractivity contribution in [3.63, 3.8) is 0 Å². The van der Waals surface area contributed by atoms with Crippen molar-refractivity contribution in [2.75, 3.05) is 6.54 Å². The molecule has 0 spiro atoms. The van der Waals surface area contributed by atoms with Gasteiger partial charge in [0.05, 0.1) is 17.9 Å². The molecule has 0 radical (unpaired) electrons. The van der Waals surface area contributed by atoms with Crippen LogP contribution in [-0.2, 0) is 11.8 Å². The number of nitrogens with zero attached hydrogens (tertiary/aromatic N) is 3. The number of carbonyl (C=O) groups excluding carboxylic acids is 2. The molecular formula is C20H30N4O2. The average Bonchev–Trinajstić information content (AvgIpc) is 3.08. The molecule has 6 heteroatoms. The minimum Gasteiger partial charge on any atom is -0.346 e. The summed E-state index contributed by atoms with van der Waals surface area (Å²) < 4.78 is 1.76. The van der Waals surface area contributed by atoms with E-state index in [0.717, 1.165) is 31.2 Å². The Kier molecular flexibility index (Phi) is 4.12. The summed E-state index contributed by atoms with van der Waals surface area (Å²) in [5.74, 6) is 2.43. The lowest BCUT2D eigenvalue weighted by atomic mass is 9.79. The number of likely N-dealkylation sites (tertiary alicyclic amines) is 1. The van der Waals surface area contributed by atoms with Crippen LogP contribution in [0, 0.1) is 23.7 Å². The van der Waals surface area contributed by atoms with Gasteiger partial charge in [0.2, 0.25) is 5.91 Å². The first kappa shape index (κ1) is 17.6. The fraction of sp³-hybridized carbons (Fsp3) is 0.750. The van der Waals surface area contributed by atoms with Gasteiger partial charge in [-0.2, -0.15) is 0 Å². The summed E-state index contributed by atoms with van der Waals surface area (Å²) in [6.45, 7) is 7.11. The number of hydrogen-bond acceptors (Lipinski definition) is 3. The summed E-state index contributed by atoms with van der Waals surface area (Å²) in [5.41, 5.74) is 0.0514. The van der Waals surface area contributed by atoms with Gasteiger partial charge in [0.25, 0.3) is 5.91 Å². The molecule has 0 aromatic carbocycles. The lowest BCUT2D eigenvalue weighted by Crippen LogP contribution is -2.55. The van der Waals surface area contributed by atoms with Crippen molar-refractivity contribution in [2.24, 2.45) is 30.7 Å². The number of hydrogen-bond donors (Lipinski definition) is 1. The van der Waals surface area contributed by atoms with Crippen LogP contribution in [-0.4, -0.2) is 44.4 Å². The van der Waals surface area contributed by atoms with Crippen LogP contribution < -0.4 is 5.32 Å². The summed E-state index contributed by atoms with van der Waals surface area (Å²) in [4.78, 5) is 31.9. The van der Waals surface area contributed by atoms with Crippen molar-refractivity contribution in [1.82, 2.24) is 19.8 Å². The Morgan fingerprint density at radius 3 is 2.65 bits per heavy atom. The van der Waals surface area contributed by atoms with E-state index < -0.39 is 0 Å². The number of rotatable bonds is 3. The summed E-state index contributed by atoms with van der Waals surface area (Å²) in [7, 11) is 1.85. The fourth-order valence-corrected chi connectivity index (χ4v) is 5.13. The lowest BCUT2D eigenvalue weighted by Gasteiger charge is -2.40. The maximum atomic E-state index is 13.3. The largest absolute Gasteiger partial charge is 0.346 e. The van der Waals surface area contributed by atoms with Crippen LogP contribution >= 0.6 is 0 Å². The molecule has 26 heavy (non-hydrogen) atoms. The van der Waals surface area contributed by atoms with Crippen molar-refractivity contribution >= 4 is 11.8 Å². The molecule has 1 aromatic heterocycles. The van der Waals surface area contributed by atoms with Gasteiger partial charge in [-0.1, -0.05) is 6.92 Å². The average molecular weight is 358 g/mol. The Morgan fingerprint density at radius 1 is 1.23 bits per heavy atom. The third kappa shape index (κ3) is 2.93. The first-order valence-electron chi connectivity index (χ1n) is 9.87. The molecule has 142 valence electrons. The summed E-state index contributed by atoms with van der Waals surface area (Å²) >= 11 is 0. The van der Waals surface area contributed by atoms with Crippen LogP contribution in [0.1, 0.15) is 56.9 Å². The molecule has 3 aliphatic rings. The molecule has 1 aromatic rings. The van der Waals surface area contributed by atoms with Crippen molar-refractivity contribution < 1.29 is 9.59 Å². The van der Waals surface area contributed by atoms with Gasteiger partial charge < -0.3 is 14.8 Å². The second-order valence-electron chi connectivity index (χ2n) is 9.19. The van der Waals surface area contributed by atoms with E-state index >= 15 is 0 Å². The molecule has 5 atom stereocenters. The van der Waals surface area contributed by atoms with Crippen LogP contribution in [0.5, 0.6) is 0 Å². The van der Waals surface area contributed by atoms with E-state index in [1.807, 2.05) is 11.9 Å². The zero-order chi connectivity index (χ0) is 18.6. The topological polar surface area (TPSA) is 67.2 Å². The molecule has 2 heterocycles. The summed E-state index contributed by atoms with van der Waals surface area (Å²) in [5, 5.41) is 3.11. The molecule has 1 aliphatic heterocycles. The maximum absolute atomic E-state index is 13.3. The third-order valence-electron chi connectivity index (χ3n) is 7.00. The molecule has 5 unspecified atom stereocenters. The minimum atomic E-state index is -0.373. The predicted molar refractivity (Wildman–Crippen MR) is 98.4 cm³/mol. The van der Waals surface area contributed by atoms with Crippen molar-refractivity contribution in [2.45, 2.75) is 58.0 Å². The lowest BCUT2D eigenvalue weighted by molar-refractivity contribution is -0.142. The molecule has 2 aliphatic carbocycles. The first-order valence-corrected chi connectivity index (χ1v) is 9.87. The van der Waals surface area contributed by atoms with Gasteiger partial charge in [-0.3, -0.25) is 9.59 Å². The Balaban J connectivity index is 1.44. The number of aryl methyl sites for hydroxylation is 1. The molecule has 2 saturated carbocycles. The second kappa shape index (κ2) is 6.10. The van der Waals surface area contributed by atoms with E-state index in [-0.39, 0.29) is 23.4 Å². The maximum Gasteiger partial charge on any atom is 0.271 e. The van der Waals surface area contributed by atoms with Gasteiger partial charge in [0, 0.05) is 25.7 Å². The first-order chi connectivity index (χ1) is 12.3. The van der Waals surface area contributed by atoms with Crippen molar-refractivity contribution in [3.8, 4) is 0 Å². The molecule has 6 nitrogen and oxygen atoms in total. The number of imidazole rings is 1. The van der Waals surface area contributed by atoms with E-state index in [0.29, 0.717) is 17.5 Å². The SMILES string of the molecule is CC1CC2CC2CC1C(=O)N1CCC(NC(=O)c2cn(C)cn2)C1(C)C. The van der Waals surface area contributed by atoms with Crippen LogP contribution in [0.25, 0.3) is 0 Å². The Labute approximate surface area is 155 Å². The molecule has 3 fully saturated rings. The number of carbonyl (C=O) groups is 2. The van der Waals surface area contributed by atoms with E-state index in [4.69, 9.17) is 0 Å². The van der Waals surface area contributed by atoms with Crippen LogP contribution in [0.4, 0.5) is 0 Å². The van der Waals surface area contributed by atoms with Crippen molar-refractivity contribution in [1.29, 1.82) is 0 Å². The van der Waals surface area contributed by atoms with E-state index in [9.17, 15) is 9.59 Å². The highest BCUT2D eigenvalue weighted by molar-refractivity contribution is 5.92. The third-order valence-corrected chi connectivity index (χ3v) is 7.00. The van der Waals surface area contributed by atoms with E-state index in [1.54, 1.807) is 17.1 Å². The Bertz CT molecular complexity index is 725. The predicted octanol–water partition coefficient (Wildman–Crippen LogP) is 2.21. The summed E-state index contributed by atoms with van der Waals surface area (Å²) in [6, 6.07) is -0.0477. The molecule has 1 saturated heterocycles. The Morgan fingerprint density at radius 2 is 1.96 bits per heavy atom. The number of aromatic nitrogens is 2. The van der Waals surface area contributed by atoms with E-state index in [2.05, 4.69) is 31.1 Å². The molecular weight excluding hydrogens is 328 g/mol. The van der Waals surface area contributed by atoms with Crippen LogP contribution in [0.3, 0.4) is 0 Å². The van der Waals surface area contributed by atoms with Gasteiger partial charge in [-0.15, -0.1) is 0 Å². The Hall–Kier alpha value is -1.85. The van der Waals surface area contributed by atoms with Gasteiger partial charge in [-0.25, -0.2) is 4.98 Å². The zero-order valence-corrected chi connectivity index (χ0v) is 16.2. The van der Waals surface area contributed by atoms with Gasteiger partial charge >= 0.3 is 0 Å². The highest BCUT2D eigenvalue weighted by Crippen LogP contribution is 2.54. The highest BCUT2D eigenvalue weighted by Gasteiger charge is 2.51. The van der Waals surface area contributed by atoms with Gasteiger partial charge in [0.1, 0.15) is 5.69 Å². The number of amides is 2. The van der Waals surface area contributed by atoms with Gasteiger partial charge in [-0.05, 0) is 57.3 Å². The molecule has 4 rings (SSSR count). The molecule has 1 N–H and O–H groups in total. The van der Waals surface area contributed by atoms with Crippen LogP contribution in [0.15, 0.2) is 12.5 Å². The van der Waals surface area contributed by atoms with Crippen molar-refractivity contribution in [3.05, 3.63) is 18.2 Å². The zero-order valence-electron chi connectivity index (χ0n) is 16.2. The quantitative estimate of drug-likeness (QED) is 0.901. The standard InChI is InChI=1S/C20H30N4O2/c1-12-7-13-8-14(13)9-15(12)19(26)24-6-5-17(20(24,2)3)22-18(25)16-10-23(4)11-21-16/h10-15,17H,5-9H2,1-4H3,(H,22,25). The highest BCUT2D eigenvalue weighted by atomic mass is 16.2. The number of nitrogens with one attached hydrogen (secondary N) is 1. The normalized spacial score (nSPS) is 35.1. The van der Waals surface area contributed by atoms with Crippen LogP contribution in [0.2, 0.25) is 0 Å². The monoisotopic (exact) mass is 358 g/mol. The minimum absolute atomic E-state index is 0.0477.